The van der Waals surface area contributed by atoms with Crippen molar-refractivity contribution >= 4 is 5.97 Å². The molecule has 2 heteroatoms. The Morgan fingerprint density at radius 2 is 1.53 bits per heavy atom. The highest BCUT2D eigenvalue weighted by Gasteiger charge is 2.29. The first-order valence-electron chi connectivity index (χ1n) is 7.19. The molecule has 0 fully saturated rings. The smallest absolute Gasteiger partial charge is 0.311 e. The molecule has 0 unspecified atom stereocenters. The van der Waals surface area contributed by atoms with E-state index in [1.807, 2.05) is 20.8 Å². The van der Waals surface area contributed by atoms with Crippen molar-refractivity contribution in [2.75, 3.05) is 0 Å². The maximum Gasteiger partial charge on any atom is 0.311 e. The Morgan fingerprint density at radius 3 is 1.88 bits per heavy atom. The van der Waals surface area contributed by atoms with Crippen molar-refractivity contribution in [1.82, 2.24) is 0 Å². The fourth-order valence-corrected chi connectivity index (χ4v) is 1.58. The van der Waals surface area contributed by atoms with Gasteiger partial charge in [0.25, 0.3) is 0 Å². The molecule has 0 aliphatic carbocycles. The van der Waals surface area contributed by atoms with Crippen LogP contribution in [0.3, 0.4) is 0 Å². The number of ether oxygens (including phenoxy) is 1. The van der Waals surface area contributed by atoms with Gasteiger partial charge in [-0.2, -0.15) is 0 Å². The molecule has 0 saturated carbocycles. The van der Waals surface area contributed by atoms with Gasteiger partial charge in [0.1, 0.15) is 6.10 Å². The molecule has 0 radical (unpaired) electrons. The summed E-state index contributed by atoms with van der Waals surface area (Å²) in [5, 5.41) is 0. The van der Waals surface area contributed by atoms with E-state index in [1.54, 1.807) is 0 Å². The predicted molar refractivity (Wildman–Crippen MR) is 73.0 cm³/mol. The standard InChI is InChI=1S/C15H30O2/c1-6-9-11-13(12-10-7-2)17-14(16)15(4,5)8-3/h13H,6-12H2,1-5H3. The second kappa shape index (κ2) is 8.54. The highest BCUT2D eigenvalue weighted by molar-refractivity contribution is 5.75. The van der Waals surface area contributed by atoms with Crippen LogP contribution in [0.25, 0.3) is 0 Å². The maximum atomic E-state index is 12.0. The van der Waals surface area contributed by atoms with Gasteiger partial charge in [-0.25, -0.2) is 0 Å². The van der Waals surface area contributed by atoms with Gasteiger partial charge in [-0.3, -0.25) is 4.79 Å². The first-order valence-corrected chi connectivity index (χ1v) is 7.19. The minimum Gasteiger partial charge on any atom is -0.462 e. The second-order valence-electron chi connectivity index (χ2n) is 5.55. The Balaban J connectivity index is 4.25. The van der Waals surface area contributed by atoms with Crippen LogP contribution in [0.2, 0.25) is 0 Å². The van der Waals surface area contributed by atoms with Crippen LogP contribution >= 0.6 is 0 Å². The SMILES string of the molecule is CCCCC(CCCC)OC(=O)C(C)(C)CC. The lowest BCUT2D eigenvalue weighted by Gasteiger charge is -2.25. The van der Waals surface area contributed by atoms with Crippen LogP contribution in [0.4, 0.5) is 0 Å². The Kier molecular flexibility index (Phi) is 8.28. The van der Waals surface area contributed by atoms with Gasteiger partial charge >= 0.3 is 5.97 Å². The molecule has 0 rings (SSSR count). The van der Waals surface area contributed by atoms with Crippen LogP contribution in [0.5, 0.6) is 0 Å². The molecular weight excluding hydrogens is 212 g/mol. The van der Waals surface area contributed by atoms with E-state index in [9.17, 15) is 4.79 Å². The summed E-state index contributed by atoms with van der Waals surface area (Å²) in [6, 6.07) is 0. The van der Waals surface area contributed by atoms with Crippen molar-refractivity contribution < 1.29 is 9.53 Å². The molecule has 102 valence electrons. The molecule has 0 amide bonds. The molecule has 0 spiro atoms. The molecule has 0 aliphatic heterocycles. The van der Waals surface area contributed by atoms with Gasteiger partial charge in [-0.15, -0.1) is 0 Å². The van der Waals surface area contributed by atoms with E-state index in [1.165, 1.54) is 0 Å². The summed E-state index contributed by atoms with van der Waals surface area (Å²) in [6.45, 7) is 10.3. The van der Waals surface area contributed by atoms with Gasteiger partial charge in [0.2, 0.25) is 0 Å². The van der Waals surface area contributed by atoms with Gasteiger partial charge < -0.3 is 4.74 Å². The van der Waals surface area contributed by atoms with Gasteiger partial charge in [-0.05, 0) is 33.1 Å². The Hall–Kier alpha value is -0.530. The summed E-state index contributed by atoms with van der Waals surface area (Å²) in [5.41, 5.74) is -0.337. The summed E-state index contributed by atoms with van der Waals surface area (Å²) < 4.78 is 5.67. The predicted octanol–water partition coefficient (Wildman–Crippen LogP) is 4.71. The number of hydrogen-bond donors (Lipinski definition) is 0. The third kappa shape index (κ3) is 6.70. The lowest BCUT2D eigenvalue weighted by atomic mass is 9.90. The number of rotatable bonds is 9. The van der Waals surface area contributed by atoms with Crippen molar-refractivity contribution in [3.8, 4) is 0 Å². The average molecular weight is 242 g/mol. The van der Waals surface area contributed by atoms with Crippen LogP contribution in [-0.2, 0) is 9.53 Å². The Morgan fingerprint density at radius 1 is 1.06 bits per heavy atom. The van der Waals surface area contributed by atoms with E-state index < -0.39 is 0 Å². The fraction of sp³-hybridized carbons (Fsp3) is 0.933. The van der Waals surface area contributed by atoms with Crippen molar-refractivity contribution in [2.45, 2.75) is 85.7 Å². The monoisotopic (exact) mass is 242 g/mol. The largest absolute Gasteiger partial charge is 0.462 e. The van der Waals surface area contributed by atoms with Crippen LogP contribution in [0.1, 0.15) is 79.6 Å². The van der Waals surface area contributed by atoms with Gasteiger partial charge in [0, 0.05) is 0 Å². The topological polar surface area (TPSA) is 26.3 Å². The van der Waals surface area contributed by atoms with Crippen molar-refractivity contribution in [3.63, 3.8) is 0 Å². The number of carbonyl (C=O) groups excluding carboxylic acids is 1. The van der Waals surface area contributed by atoms with Gasteiger partial charge in [0.05, 0.1) is 5.41 Å². The number of esters is 1. The van der Waals surface area contributed by atoms with Crippen LogP contribution < -0.4 is 0 Å². The minimum atomic E-state index is -0.337. The minimum absolute atomic E-state index is 0.0304. The van der Waals surface area contributed by atoms with Gasteiger partial charge in [0.15, 0.2) is 0 Å². The van der Waals surface area contributed by atoms with E-state index in [0.717, 1.165) is 44.9 Å². The maximum absolute atomic E-state index is 12.0. The van der Waals surface area contributed by atoms with Crippen molar-refractivity contribution in [2.24, 2.45) is 5.41 Å². The normalized spacial score (nSPS) is 11.9. The van der Waals surface area contributed by atoms with Crippen LogP contribution in [-0.4, -0.2) is 12.1 Å². The lowest BCUT2D eigenvalue weighted by molar-refractivity contribution is -0.160. The van der Waals surface area contributed by atoms with E-state index in [4.69, 9.17) is 4.74 Å². The molecule has 0 aliphatic rings. The summed E-state index contributed by atoms with van der Waals surface area (Å²) in [4.78, 5) is 12.0. The zero-order valence-corrected chi connectivity index (χ0v) is 12.3. The molecule has 0 aromatic carbocycles. The molecule has 0 atom stereocenters. The molecule has 0 aromatic heterocycles. The second-order valence-corrected chi connectivity index (χ2v) is 5.55. The third-order valence-corrected chi connectivity index (χ3v) is 3.47. The molecule has 0 aromatic rings. The molecule has 0 bridgehead atoms. The number of hydrogen-bond acceptors (Lipinski definition) is 2. The summed E-state index contributed by atoms with van der Waals surface area (Å²) in [7, 11) is 0. The zero-order chi connectivity index (χ0) is 13.3. The van der Waals surface area contributed by atoms with E-state index >= 15 is 0 Å². The first kappa shape index (κ1) is 16.5. The molecule has 0 N–H and O–H groups in total. The third-order valence-electron chi connectivity index (χ3n) is 3.47. The van der Waals surface area contributed by atoms with Crippen molar-refractivity contribution in [1.29, 1.82) is 0 Å². The number of carbonyl (C=O) groups is 1. The lowest BCUT2D eigenvalue weighted by Crippen LogP contribution is -2.30. The molecule has 2 nitrogen and oxygen atoms in total. The fourth-order valence-electron chi connectivity index (χ4n) is 1.58. The average Bonchev–Trinajstić information content (AvgIpc) is 2.32. The molecule has 0 heterocycles. The molecular formula is C15H30O2. The summed E-state index contributed by atoms with van der Waals surface area (Å²) >= 11 is 0. The highest BCUT2D eigenvalue weighted by atomic mass is 16.5. The Labute approximate surface area is 107 Å². The van der Waals surface area contributed by atoms with Crippen LogP contribution in [0, 0.1) is 5.41 Å². The van der Waals surface area contributed by atoms with Crippen molar-refractivity contribution in [3.05, 3.63) is 0 Å². The number of unbranched alkanes of at least 4 members (excludes halogenated alkanes) is 2. The summed E-state index contributed by atoms with van der Waals surface area (Å²) in [6.07, 6.45) is 7.62. The molecule has 0 saturated heterocycles. The highest BCUT2D eigenvalue weighted by Crippen LogP contribution is 2.24. The quantitative estimate of drug-likeness (QED) is 0.547. The Bertz CT molecular complexity index is 201. The van der Waals surface area contributed by atoms with Crippen LogP contribution in [0.15, 0.2) is 0 Å². The summed E-state index contributed by atoms with van der Waals surface area (Å²) in [5.74, 6) is -0.0304. The van der Waals surface area contributed by atoms with E-state index in [0.29, 0.717) is 0 Å². The van der Waals surface area contributed by atoms with E-state index in [-0.39, 0.29) is 17.5 Å². The first-order chi connectivity index (χ1) is 7.97. The molecule has 17 heavy (non-hydrogen) atoms. The zero-order valence-electron chi connectivity index (χ0n) is 12.3. The van der Waals surface area contributed by atoms with E-state index in [2.05, 4.69) is 13.8 Å². The van der Waals surface area contributed by atoms with Gasteiger partial charge in [-0.1, -0.05) is 46.5 Å².